The minimum Gasteiger partial charge on any atom is -0.487 e. The molecule has 10 aromatic rings. The third-order valence-electron chi connectivity index (χ3n) is 14.4. The highest BCUT2D eigenvalue weighted by molar-refractivity contribution is 5.98. The van der Waals surface area contributed by atoms with Crippen molar-refractivity contribution in [2.24, 2.45) is 0 Å². The Hall–Kier alpha value is -8.98. The first-order valence-corrected chi connectivity index (χ1v) is 26.4. The van der Waals surface area contributed by atoms with Gasteiger partial charge in [0.05, 0.1) is 35.9 Å². The molecule has 0 amide bonds. The highest BCUT2D eigenvalue weighted by atomic mass is 19.4. The molecule has 9 heterocycles. The largest absolute Gasteiger partial charge is 0.487 e. The quantitative estimate of drug-likeness (QED) is 0.109. The van der Waals surface area contributed by atoms with Crippen LogP contribution in [0.4, 0.5) is 26.3 Å². The number of halogens is 6. The molecule has 1 unspecified atom stereocenters. The fourth-order valence-corrected chi connectivity index (χ4v) is 10.1. The fraction of sp³-hybridized carbons (Fsp3) is 0.279. The van der Waals surface area contributed by atoms with Gasteiger partial charge in [-0.1, -0.05) is 24.3 Å². The second-order valence-corrected chi connectivity index (χ2v) is 20.2. The van der Waals surface area contributed by atoms with Gasteiger partial charge in [-0.2, -0.15) is 36.5 Å². The van der Waals surface area contributed by atoms with Crippen LogP contribution in [0.3, 0.4) is 0 Å². The summed E-state index contributed by atoms with van der Waals surface area (Å²) in [5.41, 5.74) is 7.78. The average Bonchev–Trinajstić information content (AvgIpc) is 4.10. The Balaban J connectivity index is 0.000000186. The standard InChI is InChI=1S/C33H32F3N5O3.C28H24F3N5O2/c1-20-12-13-37-27(18-40-14-7-9-26(32(40)42)33(34,35)36)25(20)19-44-28-10-6-8-23-24(16-22(3)38-31(23)28)30-21(2)17-41(39-30)29-11-4-5-15-43-29;1-16-9-10-32-23(14-36-11-5-7-22(27(36)37)28(29,30)31)21(16)15-38-24-8-4-6-19-20(12-18(3)34-26(19)24)25-17(2)13-33-35-25/h6-10,12-14,16-17,29H,4-5,11,15,18-19H2,1-3H3;4-13H,14-15H2,1-3H3,(H,33,35). The topological polar surface area (TPSA) is 170 Å². The number of aromatic amines is 1. The molecule has 1 aliphatic heterocycles. The SMILES string of the molecule is Cc1cc(-c2n[nH]cc2C)c2cccc(OCc3c(C)ccnc3Cn3cccc(C(F)(F)F)c3=O)c2n1.Cc1cc(-c2nn(C3CCCCO3)cc2C)c2cccc(OCc3c(C)ccnc3Cn3cccc(C(F)(F)F)c3=O)c2n1. The number of nitrogens with one attached hydrogen (secondary N) is 1. The molecule has 0 spiro atoms. The lowest BCUT2D eigenvalue weighted by molar-refractivity contribution is -0.139. The second kappa shape index (κ2) is 23.2. The minimum absolute atomic E-state index is 0.0759. The Labute approximate surface area is 466 Å². The zero-order chi connectivity index (χ0) is 58.0. The van der Waals surface area contributed by atoms with Crippen molar-refractivity contribution in [3.05, 3.63) is 210 Å². The first-order chi connectivity index (χ1) is 39.2. The molecule has 2 aromatic carbocycles. The summed E-state index contributed by atoms with van der Waals surface area (Å²) in [6.07, 6.45) is 3.17. The number of fused-ring (bicyclic) bond motifs is 2. The van der Waals surface area contributed by atoms with E-state index in [2.05, 4.69) is 20.2 Å². The molecule has 1 fully saturated rings. The van der Waals surface area contributed by atoms with Crippen LogP contribution in [0.15, 0.2) is 132 Å². The summed E-state index contributed by atoms with van der Waals surface area (Å²) < 4.78 is 102. The van der Waals surface area contributed by atoms with E-state index in [1.165, 1.54) is 24.5 Å². The molecule has 1 N–H and O–H groups in total. The molecule has 1 saturated heterocycles. The maximum Gasteiger partial charge on any atom is 0.421 e. The Morgan fingerprint density at radius 1 is 0.622 bits per heavy atom. The van der Waals surface area contributed by atoms with Crippen LogP contribution in [0, 0.1) is 41.5 Å². The van der Waals surface area contributed by atoms with E-state index in [9.17, 15) is 35.9 Å². The number of H-pyrrole nitrogens is 1. The molecule has 21 heteroatoms. The van der Waals surface area contributed by atoms with E-state index in [1.807, 2.05) is 107 Å². The normalized spacial score (nSPS) is 13.8. The van der Waals surface area contributed by atoms with Crippen LogP contribution < -0.4 is 20.6 Å². The summed E-state index contributed by atoms with van der Waals surface area (Å²) in [6.45, 7) is 12.2. The number of benzene rings is 2. The molecule has 0 saturated carbocycles. The lowest BCUT2D eigenvalue weighted by Gasteiger charge is -2.22. The monoisotopic (exact) mass is 1120 g/mol. The van der Waals surface area contributed by atoms with Crippen LogP contribution in [0.5, 0.6) is 11.5 Å². The first kappa shape index (κ1) is 56.3. The lowest BCUT2D eigenvalue weighted by atomic mass is 10.0. The molecule has 15 nitrogen and oxygen atoms in total. The molecule has 1 aliphatic rings. The number of pyridine rings is 6. The van der Waals surface area contributed by atoms with E-state index in [4.69, 9.17) is 29.3 Å². The number of rotatable bonds is 13. The lowest BCUT2D eigenvalue weighted by Crippen LogP contribution is -2.29. The molecular formula is C61H56F6N10O5. The van der Waals surface area contributed by atoms with E-state index < -0.39 is 34.6 Å². The second-order valence-electron chi connectivity index (χ2n) is 20.2. The van der Waals surface area contributed by atoms with Crippen molar-refractivity contribution in [3.8, 4) is 34.0 Å². The Kier molecular flexibility index (Phi) is 16.0. The molecule has 1 atom stereocenters. The molecule has 82 heavy (non-hydrogen) atoms. The molecule has 422 valence electrons. The number of hydrogen-bond donors (Lipinski definition) is 1. The van der Waals surface area contributed by atoms with Gasteiger partial charge in [0.2, 0.25) is 0 Å². The number of aryl methyl sites for hydroxylation is 6. The zero-order valence-electron chi connectivity index (χ0n) is 45.6. The van der Waals surface area contributed by atoms with Gasteiger partial charge in [0.25, 0.3) is 11.1 Å². The van der Waals surface area contributed by atoms with E-state index in [0.717, 1.165) is 114 Å². The fourth-order valence-electron chi connectivity index (χ4n) is 10.1. The summed E-state index contributed by atoms with van der Waals surface area (Å²) in [5, 5.41) is 14.0. The Morgan fingerprint density at radius 3 is 1.60 bits per heavy atom. The van der Waals surface area contributed by atoms with Crippen LogP contribution in [-0.4, -0.2) is 55.7 Å². The predicted molar refractivity (Wildman–Crippen MR) is 296 cm³/mol. The Morgan fingerprint density at radius 2 is 1.13 bits per heavy atom. The smallest absolute Gasteiger partial charge is 0.421 e. The maximum absolute atomic E-state index is 13.4. The van der Waals surface area contributed by atoms with Crippen molar-refractivity contribution in [3.63, 3.8) is 0 Å². The van der Waals surface area contributed by atoms with Crippen molar-refractivity contribution in [1.29, 1.82) is 0 Å². The van der Waals surface area contributed by atoms with Crippen molar-refractivity contribution in [2.45, 2.75) is 106 Å². The van der Waals surface area contributed by atoms with Gasteiger partial charge >= 0.3 is 12.4 Å². The summed E-state index contributed by atoms with van der Waals surface area (Å²) >= 11 is 0. The highest BCUT2D eigenvalue weighted by Gasteiger charge is 2.35. The molecular weight excluding hydrogens is 1070 g/mol. The van der Waals surface area contributed by atoms with Gasteiger partial charge in [-0.05, 0) is 144 Å². The van der Waals surface area contributed by atoms with Gasteiger partial charge in [-0.25, -0.2) is 14.6 Å². The summed E-state index contributed by atoms with van der Waals surface area (Å²) in [4.78, 5) is 43.4. The molecule has 0 radical (unpaired) electrons. The van der Waals surface area contributed by atoms with Gasteiger partial charge in [0.1, 0.15) is 53.1 Å². The summed E-state index contributed by atoms with van der Waals surface area (Å²) in [6, 6.07) is 22.9. The number of nitrogens with zero attached hydrogens (tertiary/aromatic N) is 9. The number of para-hydroxylation sites is 2. The first-order valence-electron chi connectivity index (χ1n) is 26.4. The summed E-state index contributed by atoms with van der Waals surface area (Å²) in [5.74, 6) is 1.09. The molecule has 8 aromatic heterocycles. The van der Waals surface area contributed by atoms with E-state index in [0.29, 0.717) is 45.0 Å². The van der Waals surface area contributed by atoms with Gasteiger partial charge in [0.15, 0.2) is 0 Å². The molecule has 0 aliphatic carbocycles. The van der Waals surface area contributed by atoms with Crippen LogP contribution in [0.25, 0.3) is 44.3 Å². The highest BCUT2D eigenvalue weighted by Crippen LogP contribution is 2.37. The van der Waals surface area contributed by atoms with Crippen LogP contribution in [-0.2, 0) is 43.4 Å². The molecule has 11 rings (SSSR count). The van der Waals surface area contributed by atoms with Crippen LogP contribution >= 0.6 is 0 Å². The predicted octanol–water partition coefficient (Wildman–Crippen LogP) is 12.7. The van der Waals surface area contributed by atoms with Crippen molar-refractivity contribution >= 4 is 21.8 Å². The van der Waals surface area contributed by atoms with E-state index in [1.54, 1.807) is 24.5 Å². The number of aromatic nitrogens is 10. The third-order valence-corrected chi connectivity index (χ3v) is 14.4. The van der Waals surface area contributed by atoms with E-state index >= 15 is 0 Å². The van der Waals surface area contributed by atoms with Crippen LogP contribution in [0.1, 0.15) is 92.8 Å². The number of hydrogen-bond acceptors (Lipinski definition) is 11. The zero-order valence-corrected chi connectivity index (χ0v) is 45.6. The van der Waals surface area contributed by atoms with Gasteiger partial charge in [-0.15, -0.1) is 0 Å². The number of alkyl halides is 6. The maximum atomic E-state index is 13.4. The van der Waals surface area contributed by atoms with Gasteiger partial charge in [0, 0.05) is 88.2 Å². The van der Waals surface area contributed by atoms with Crippen molar-refractivity contribution < 1.29 is 40.6 Å². The third kappa shape index (κ3) is 11.9. The number of ether oxygens (including phenoxy) is 3. The van der Waals surface area contributed by atoms with Crippen molar-refractivity contribution in [1.82, 2.24) is 49.0 Å². The molecule has 0 bridgehead atoms. The van der Waals surface area contributed by atoms with Gasteiger partial charge in [-0.3, -0.25) is 24.7 Å². The summed E-state index contributed by atoms with van der Waals surface area (Å²) in [7, 11) is 0. The minimum atomic E-state index is -4.75. The van der Waals surface area contributed by atoms with E-state index in [-0.39, 0.29) is 32.5 Å². The van der Waals surface area contributed by atoms with Crippen LogP contribution in [0.2, 0.25) is 0 Å². The van der Waals surface area contributed by atoms with Crippen molar-refractivity contribution in [2.75, 3.05) is 6.61 Å². The average molecular weight is 1120 g/mol. The Bertz CT molecular complexity index is 4120. The van der Waals surface area contributed by atoms with Gasteiger partial charge < -0.3 is 23.3 Å².